The number of morpholine rings is 1. The van der Waals surface area contributed by atoms with E-state index in [0.717, 1.165) is 19.4 Å². The van der Waals surface area contributed by atoms with E-state index in [1.165, 1.54) is 0 Å². The zero-order valence-corrected chi connectivity index (χ0v) is 15.8. The molecule has 2 saturated heterocycles. The van der Waals surface area contributed by atoms with Crippen LogP contribution in [0.1, 0.15) is 23.2 Å². The van der Waals surface area contributed by atoms with E-state index in [-0.39, 0.29) is 30.1 Å². The van der Waals surface area contributed by atoms with Crippen LogP contribution in [-0.4, -0.2) is 63.2 Å². The Morgan fingerprint density at radius 1 is 1.31 bits per heavy atom. The fourth-order valence-corrected chi connectivity index (χ4v) is 3.20. The van der Waals surface area contributed by atoms with Gasteiger partial charge in [-0.25, -0.2) is 0 Å². The van der Waals surface area contributed by atoms with Crippen molar-refractivity contribution in [2.45, 2.75) is 12.8 Å². The topological polar surface area (TPSA) is 79.9 Å². The van der Waals surface area contributed by atoms with Crippen LogP contribution < -0.4 is 15.4 Å². The van der Waals surface area contributed by atoms with Gasteiger partial charge in [0.25, 0.3) is 5.91 Å². The predicted octanol–water partition coefficient (Wildman–Crippen LogP) is 1.53. The van der Waals surface area contributed by atoms with Gasteiger partial charge >= 0.3 is 0 Å². The monoisotopic (exact) mass is 383 g/mol. The first-order valence-corrected chi connectivity index (χ1v) is 8.75. The summed E-state index contributed by atoms with van der Waals surface area (Å²) in [6.07, 6.45) is 1.86. The van der Waals surface area contributed by atoms with Gasteiger partial charge in [-0.3, -0.25) is 9.59 Å². The summed E-state index contributed by atoms with van der Waals surface area (Å²) in [5, 5.41) is 6.17. The van der Waals surface area contributed by atoms with Crippen LogP contribution in [0.25, 0.3) is 0 Å². The summed E-state index contributed by atoms with van der Waals surface area (Å²) in [5.74, 6) is 0.398. The summed E-state index contributed by atoms with van der Waals surface area (Å²) < 4.78 is 10.6. The molecule has 2 fully saturated rings. The predicted molar refractivity (Wildman–Crippen MR) is 101 cm³/mol. The Kier molecular flexibility index (Phi) is 7.68. The third-order valence-electron chi connectivity index (χ3n) is 4.67. The number of ether oxygens (including phenoxy) is 2. The SMILES string of the molecule is COc1ccc(C(=O)N2CCOCC2)cc1NC(=O)C1CCCNC1.Cl. The number of rotatable bonds is 4. The highest BCUT2D eigenvalue weighted by Crippen LogP contribution is 2.27. The van der Waals surface area contributed by atoms with Crippen molar-refractivity contribution in [1.29, 1.82) is 0 Å². The fourth-order valence-electron chi connectivity index (χ4n) is 3.20. The first-order chi connectivity index (χ1) is 12.2. The van der Waals surface area contributed by atoms with Gasteiger partial charge in [0.15, 0.2) is 0 Å². The van der Waals surface area contributed by atoms with Gasteiger partial charge in [-0.1, -0.05) is 0 Å². The molecule has 0 aliphatic carbocycles. The van der Waals surface area contributed by atoms with Crippen molar-refractivity contribution in [3.05, 3.63) is 23.8 Å². The Morgan fingerprint density at radius 3 is 2.73 bits per heavy atom. The summed E-state index contributed by atoms with van der Waals surface area (Å²) in [6.45, 7) is 3.91. The molecule has 1 aromatic carbocycles. The van der Waals surface area contributed by atoms with Crippen LogP contribution in [0.4, 0.5) is 5.69 Å². The first kappa shape index (κ1) is 20.5. The standard InChI is InChI=1S/C18H25N3O4.ClH/c1-24-16-5-4-13(18(23)21-7-9-25-10-8-21)11-15(16)20-17(22)14-3-2-6-19-12-14;/h4-5,11,14,19H,2-3,6-10,12H2,1H3,(H,20,22);1H. The molecule has 0 aromatic heterocycles. The number of nitrogens with one attached hydrogen (secondary N) is 2. The molecule has 8 heteroatoms. The average molecular weight is 384 g/mol. The number of piperidine rings is 1. The molecule has 0 bridgehead atoms. The van der Waals surface area contributed by atoms with E-state index < -0.39 is 0 Å². The minimum Gasteiger partial charge on any atom is -0.495 e. The summed E-state index contributed by atoms with van der Waals surface area (Å²) in [4.78, 5) is 26.9. The fraction of sp³-hybridized carbons (Fsp3) is 0.556. The van der Waals surface area contributed by atoms with Crippen LogP contribution in [-0.2, 0) is 9.53 Å². The van der Waals surface area contributed by atoms with E-state index in [9.17, 15) is 9.59 Å². The van der Waals surface area contributed by atoms with Crippen LogP contribution in [0, 0.1) is 5.92 Å². The molecule has 1 atom stereocenters. The van der Waals surface area contributed by atoms with Gasteiger partial charge in [0.2, 0.25) is 5.91 Å². The third kappa shape index (κ3) is 4.87. The zero-order valence-electron chi connectivity index (χ0n) is 15.0. The van der Waals surface area contributed by atoms with E-state index in [0.29, 0.717) is 49.8 Å². The molecule has 144 valence electrons. The van der Waals surface area contributed by atoms with Gasteiger partial charge in [0, 0.05) is 25.2 Å². The molecule has 3 rings (SSSR count). The lowest BCUT2D eigenvalue weighted by Crippen LogP contribution is -2.40. The van der Waals surface area contributed by atoms with Crippen LogP contribution >= 0.6 is 12.4 Å². The van der Waals surface area contributed by atoms with Crippen LogP contribution in [0.3, 0.4) is 0 Å². The van der Waals surface area contributed by atoms with Gasteiger partial charge in [-0.05, 0) is 37.6 Å². The van der Waals surface area contributed by atoms with E-state index >= 15 is 0 Å². The summed E-state index contributed by atoms with van der Waals surface area (Å²) >= 11 is 0. The Morgan fingerprint density at radius 2 is 2.08 bits per heavy atom. The molecule has 2 N–H and O–H groups in total. The van der Waals surface area contributed by atoms with Crippen LogP contribution in [0.2, 0.25) is 0 Å². The second kappa shape index (κ2) is 9.75. The molecule has 2 heterocycles. The molecule has 2 amide bonds. The second-order valence-corrected chi connectivity index (χ2v) is 6.35. The highest BCUT2D eigenvalue weighted by molar-refractivity contribution is 5.99. The van der Waals surface area contributed by atoms with Crippen LogP contribution in [0.15, 0.2) is 18.2 Å². The smallest absolute Gasteiger partial charge is 0.254 e. The number of amides is 2. The minimum absolute atomic E-state index is 0. The Hall–Kier alpha value is -1.83. The number of benzene rings is 1. The number of hydrogen-bond donors (Lipinski definition) is 2. The average Bonchev–Trinajstić information content (AvgIpc) is 2.68. The molecule has 0 spiro atoms. The van der Waals surface area contributed by atoms with Gasteiger partial charge in [0.1, 0.15) is 5.75 Å². The summed E-state index contributed by atoms with van der Waals surface area (Å²) in [6, 6.07) is 5.15. The lowest BCUT2D eigenvalue weighted by Gasteiger charge is -2.27. The molecular weight excluding hydrogens is 358 g/mol. The lowest BCUT2D eigenvalue weighted by molar-refractivity contribution is -0.120. The van der Waals surface area contributed by atoms with Gasteiger partial charge in [-0.2, -0.15) is 0 Å². The Bertz CT molecular complexity index is 629. The summed E-state index contributed by atoms with van der Waals surface area (Å²) in [5.41, 5.74) is 1.08. The molecule has 7 nitrogen and oxygen atoms in total. The Labute approximate surface area is 159 Å². The highest BCUT2D eigenvalue weighted by atomic mass is 35.5. The van der Waals surface area contributed by atoms with Crippen molar-refractivity contribution in [3.8, 4) is 5.75 Å². The molecule has 0 radical (unpaired) electrons. The normalized spacial score (nSPS) is 20.0. The number of carbonyl (C=O) groups excluding carboxylic acids is 2. The van der Waals surface area contributed by atoms with Crippen molar-refractivity contribution in [3.63, 3.8) is 0 Å². The van der Waals surface area contributed by atoms with Crippen molar-refractivity contribution in [2.75, 3.05) is 51.8 Å². The van der Waals surface area contributed by atoms with E-state index in [4.69, 9.17) is 9.47 Å². The van der Waals surface area contributed by atoms with Gasteiger partial charge < -0.3 is 25.0 Å². The number of nitrogens with zero attached hydrogens (tertiary/aromatic N) is 1. The molecule has 1 aromatic rings. The van der Waals surface area contributed by atoms with Crippen molar-refractivity contribution in [2.24, 2.45) is 5.92 Å². The first-order valence-electron chi connectivity index (χ1n) is 8.75. The molecule has 0 saturated carbocycles. The number of anilines is 1. The van der Waals surface area contributed by atoms with Crippen molar-refractivity contribution < 1.29 is 19.1 Å². The lowest BCUT2D eigenvalue weighted by atomic mass is 9.98. The number of hydrogen-bond acceptors (Lipinski definition) is 5. The molecule has 2 aliphatic heterocycles. The van der Waals surface area contributed by atoms with E-state index in [2.05, 4.69) is 10.6 Å². The second-order valence-electron chi connectivity index (χ2n) is 6.35. The van der Waals surface area contributed by atoms with Crippen molar-refractivity contribution in [1.82, 2.24) is 10.2 Å². The van der Waals surface area contributed by atoms with Gasteiger partial charge in [0.05, 0.1) is 31.9 Å². The zero-order chi connectivity index (χ0) is 17.6. The number of halogens is 1. The van der Waals surface area contributed by atoms with E-state index in [1.807, 2.05) is 0 Å². The number of carbonyl (C=O) groups is 2. The molecular formula is C18H26ClN3O4. The summed E-state index contributed by atoms with van der Waals surface area (Å²) in [7, 11) is 1.55. The maximum atomic E-state index is 12.6. The van der Waals surface area contributed by atoms with Crippen molar-refractivity contribution >= 4 is 29.9 Å². The number of methoxy groups -OCH3 is 1. The Balaban J connectivity index is 0.00000243. The molecule has 2 aliphatic rings. The molecule has 1 unspecified atom stereocenters. The molecule has 26 heavy (non-hydrogen) atoms. The van der Waals surface area contributed by atoms with E-state index in [1.54, 1.807) is 30.2 Å². The van der Waals surface area contributed by atoms with Gasteiger partial charge in [-0.15, -0.1) is 12.4 Å². The maximum absolute atomic E-state index is 12.6. The van der Waals surface area contributed by atoms with Crippen LogP contribution in [0.5, 0.6) is 5.75 Å². The largest absolute Gasteiger partial charge is 0.495 e. The maximum Gasteiger partial charge on any atom is 0.254 e. The third-order valence-corrected chi connectivity index (χ3v) is 4.67. The highest BCUT2D eigenvalue weighted by Gasteiger charge is 2.23. The minimum atomic E-state index is -0.0583. The quantitative estimate of drug-likeness (QED) is 0.824.